The largest absolute Gasteiger partial charge is 0.497 e. The van der Waals surface area contributed by atoms with Gasteiger partial charge >= 0.3 is 5.97 Å². The van der Waals surface area contributed by atoms with E-state index in [-0.39, 0.29) is 17.0 Å². The van der Waals surface area contributed by atoms with E-state index in [9.17, 15) is 13.2 Å². The maximum atomic E-state index is 11.6. The molecule has 0 saturated heterocycles. The summed E-state index contributed by atoms with van der Waals surface area (Å²) >= 11 is 0. The summed E-state index contributed by atoms with van der Waals surface area (Å²) in [5.41, 5.74) is -0.106. The number of methoxy groups -OCH3 is 1. The van der Waals surface area contributed by atoms with E-state index in [1.165, 1.54) is 25.3 Å². The summed E-state index contributed by atoms with van der Waals surface area (Å²) in [6, 6.07) is 4.14. The van der Waals surface area contributed by atoms with Crippen LogP contribution in [0.3, 0.4) is 0 Å². The molecule has 1 aromatic rings. The van der Waals surface area contributed by atoms with Crippen LogP contribution in [0.4, 0.5) is 5.69 Å². The molecule has 100 valence electrons. The van der Waals surface area contributed by atoms with Crippen LogP contribution in [-0.4, -0.2) is 32.4 Å². The Balaban J connectivity index is 3.13. The molecule has 0 aliphatic rings. The van der Waals surface area contributed by atoms with Crippen LogP contribution in [0.5, 0.6) is 5.75 Å². The number of carboxylic acids is 1. The van der Waals surface area contributed by atoms with Gasteiger partial charge in [0.2, 0.25) is 10.0 Å². The number of ether oxygens (including phenoxy) is 1. The number of aromatic carboxylic acids is 1. The van der Waals surface area contributed by atoms with E-state index in [4.69, 9.17) is 9.84 Å². The average molecular weight is 273 g/mol. The fourth-order valence-corrected chi connectivity index (χ4v) is 2.56. The van der Waals surface area contributed by atoms with Crippen LogP contribution in [0.25, 0.3) is 0 Å². The van der Waals surface area contributed by atoms with Crippen molar-refractivity contribution in [2.24, 2.45) is 0 Å². The van der Waals surface area contributed by atoms with Gasteiger partial charge in [0.15, 0.2) is 0 Å². The van der Waals surface area contributed by atoms with Gasteiger partial charge in [-0.2, -0.15) is 0 Å². The van der Waals surface area contributed by atoms with E-state index in [2.05, 4.69) is 4.72 Å². The van der Waals surface area contributed by atoms with E-state index < -0.39 is 16.0 Å². The number of benzene rings is 1. The molecular formula is C11H15NO5S. The number of carbonyl (C=O) groups is 1. The number of anilines is 1. The Morgan fingerprint density at radius 2 is 2.11 bits per heavy atom. The van der Waals surface area contributed by atoms with Gasteiger partial charge in [-0.1, -0.05) is 6.92 Å². The molecule has 0 amide bonds. The summed E-state index contributed by atoms with van der Waals surface area (Å²) in [6.45, 7) is 1.73. The van der Waals surface area contributed by atoms with E-state index in [0.29, 0.717) is 12.2 Å². The topological polar surface area (TPSA) is 92.7 Å². The van der Waals surface area contributed by atoms with Gasteiger partial charge in [-0.15, -0.1) is 0 Å². The summed E-state index contributed by atoms with van der Waals surface area (Å²) in [4.78, 5) is 11.0. The Bertz CT molecular complexity index is 538. The molecule has 0 radical (unpaired) electrons. The van der Waals surface area contributed by atoms with Gasteiger partial charge in [0, 0.05) is 0 Å². The van der Waals surface area contributed by atoms with E-state index in [1.54, 1.807) is 6.92 Å². The SMILES string of the molecule is CCCS(=O)(=O)Nc1ccc(OC)cc1C(=O)O. The average Bonchev–Trinajstić information content (AvgIpc) is 2.28. The minimum Gasteiger partial charge on any atom is -0.497 e. The zero-order chi connectivity index (χ0) is 13.8. The monoisotopic (exact) mass is 273 g/mol. The van der Waals surface area contributed by atoms with Gasteiger partial charge in [-0.3, -0.25) is 4.72 Å². The first-order chi connectivity index (χ1) is 8.39. The standard InChI is InChI=1S/C11H15NO5S/c1-3-6-18(15,16)12-10-5-4-8(17-2)7-9(10)11(13)14/h4-5,7,12H,3,6H2,1-2H3,(H,13,14). The summed E-state index contributed by atoms with van der Waals surface area (Å²) in [5.74, 6) is -0.924. The van der Waals surface area contributed by atoms with Crippen LogP contribution in [0.15, 0.2) is 18.2 Å². The van der Waals surface area contributed by atoms with E-state index in [1.807, 2.05) is 0 Å². The normalized spacial score (nSPS) is 11.0. The van der Waals surface area contributed by atoms with Gasteiger partial charge in [0.05, 0.1) is 24.1 Å². The van der Waals surface area contributed by atoms with Crippen LogP contribution in [0.2, 0.25) is 0 Å². The Labute approximate surface area is 106 Å². The van der Waals surface area contributed by atoms with Crippen molar-refractivity contribution >= 4 is 21.7 Å². The highest BCUT2D eigenvalue weighted by Crippen LogP contribution is 2.23. The summed E-state index contributed by atoms with van der Waals surface area (Å²) in [5, 5.41) is 9.02. The molecule has 0 atom stereocenters. The highest BCUT2D eigenvalue weighted by atomic mass is 32.2. The molecule has 0 aliphatic heterocycles. The lowest BCUT2D eigenvalue weighted by molar-refractivity contribution is 0.0697. The van der Waals surface area contributed by atoms with Crippen LogP contribution >= 0.6 is 0 Å². The lowest BCUT2D eigenvalue weighted by atomic mass is 10.2. The first-order valence-corrected chi connectivity index (χ1v) is 6.96. The van der Waals surface area contributed by atoms with Crippen molar-refractivity contribution < 1.29 is 23.1 Å². The van der Waals surface area contributed by atoms with Gasteiger partial charge < -0.3 is 9.84 Å². The highest BCUT2D eigenvalue weighted by Gasteiger charge is 2.16. The Hall–Kier alpha value is -1.76. The molecule has 0 spiro atoms. The molecule has 0 bridgehead atoms. The van der Waals surface area contributed by atoms with Gasteiger partial charge in [-0.05, 0) is 24.6 Å². The fraction of sp³-hybridized carbons (Fsp3) is 0.364. The summed E-state index contributed by atoms with van der Waals surface area (Å²) < 4.78 is 30.3. The molecule has 18 heavy (non-hydrogen) atoms. The Morgan fingerprint density at radius 3 is 2.61 bits per heavy atom. The first-order valence-electron chi connectivity index (χ1n) is 5.31. The third kappa shape index (κ3) is 3.63. The third-order valence-corrected chi connectivity index (χ3v) is 3.67. The molecular weight excluding hydrogens is 258 g/mol. The van der Waals surface area contributed by atoms with Gasteiger partial charge in [0.25, 0.3) is 0 Å². The predicted molar refractivity (Wildman–Crippen MR) is 67.7 cm³/mol. The molecule has 6 nitrogen and oxygen atoms in total. The lowest BCUT2D eigenvalue weighted by Crippen LogP contribution is -2.18. The molecule has 0 saturated carbocycles. The van der Waals surface area contributed by atoms with Crippen molar-refractivity contribution in [3.63, 3.8) is 0 Å². The molecule has 0 aromatic heterocycles. The molecule has 1 aromatic carbocycles. The number of nitrogens with one attached hydrogen (secondary N) is 1. The predicted octanol–water partition coefficient (Wildman–Crippen LogP) is 1.55. The molecule has 0 aliphatic carbocycles. The van der Waals surface area contributed by atoms with Crippen molar-refractivity contribution in [1.82, 2.24) is 0 Å². The second-order valence-corrected chi connectivity index (χ2v) is 5.48. The van der Waals surface area contributed by atoms with Crippen molar-refractivity contribution in [3.05, 3.63) is 23.8 Å². The Morgan fingerprint density at radius 1 is 1.44 bits per heavy atom. The molecule has 0 fully saturated rings. The van der Waals surface area contributed by atoms with E-state index in [0.717, 1.165) is 0 Å². The molecule has 1 rings (SSSR count). The van der Waals surface area contributed by atoms with E-state index >= 15 is 0 Å². The second kappa shape index (κ2) is 5.72. The number of hydrogen-bond acceptors (Lipinski definition) is 4. The van der Waals surface area contributed by atoms with Crippen LogP contribution in [0.1, 0.15) is 23.7 Å². The van der Waals surface area contributed by atoms with Crippen molar-refractivity contribution in [1.29, 1.82) is 0 Å². The lowest BCUT2D eigenvalue weighted by Gasteiger charge is -2.11. The number of carboxylic acid groups (broad SMARTS) is 1. The quantitative estimate of drug-likeness (QED) is 0.820. The Kier molecular flexibility index (Phi) is 4.55. The maximum Gasteiger partial charge on any atom is 0.337 e. The first kappa shape index (κ1) is 14.3. The van der Waals surface area contributed by atoms with Crippen molar-refractivity contribution in [3.8, 4) is 5.75 Å². The molecule has 0 heterocycles. The van der Waals surface area contributed by atoms with Crippen LogP contribution in [0, 0.1) is 0 Å². The van der Waals surface area contributed by atoms with Gasteiger partial charge in [0.1, 0.15) is 5.75 Å². The van der Waals surface area contributed by atoms with Crippen LogP contribution in [-0.2, 0) is 10.0 Å². The number of rotatable bonds is 6. The van der Waals surface area contributed by atoms with Crippen LogP contribution < -0.4 is 9.46 Å². The number of hydrogen-bond donors (Lipinski definition) is 2. The summed E-state index contributed by atoms with van der Waals surface area (Å²) in [7, 11) is -2.11. The second-order valence-electron chi connectivity index (χ2n) is 3.64. The van der Waals surface area contributed by atoms with Gasteiger partial charge in [-0.25, -0.2) is 13.2 Å². The smallest absolute Gasteiger partial charge is 0.337 e. The highest BCUT2D eigenvalue weighted by molar-refractivity contribution is 7.92. The molecule has 0 unspecified atom stereocenters. The minimum absolute atomic E-state index is 0.0387. The molecule has 7 heteroatoms. The zero-order valence-electron chi connectivity index (χ0n) is 10.1. The fourth-order valence-electron chi connectivity index (χ4n) is 1.40. The summed E-state index contributed by atoms with van der Waals surface area (Å²) in [6.07, 6.45) is 0.452. The zero-order valence-corrected chi connectivity index (χ0v) is 11.0. The third-order valence-electron chi connectivity index (χ3n) is 2.20. The number of sulfonamides is 1. The van der Waals surface area contributed by atoms with Crippen molar-refractivity contribution in [2.45, 2.75) is 13.3 Å². The van der Waals surface area contributed by atoms with Crippen molar-refractivity contribution in [2.75, 3.05) is 17.6 Å². The molecule has 2 N–H and O–H groups in total. The minimum atomic E-state index is -3.51. The maximum absolute atomic E-state index is 11.6.